The number of nitrogen functional groups attached to an aromatic ring is 1. The Hall–Kier alpha value is -2.08. The Labute approximate surface area is 104 Å². The maximum atomic E-state index is 5.48. The fourth-order valence-electron chi connectivity index (χ4n) is 1.33. The first-order valence-electron chi connectivity index (χ1n) is 4.95. The van der Waals surface area contributed by atoms with Gasteiger partial charge in [-0.05, 0) is 24.3 Å². The van der Waals surface area contributed by atoms with Gasteiger partial charge in [0.1, 0.15) is 10.4 Å². The minimum Gasteiger partial charge on any atom is -0.497 e. The van der Waals surface area contributed by atoms with Crippen molar-refractivity contribution < 1.29 is 4.74 Å². The Bertz CT molecular complexity index is 564. The molecule has 0 unspecified atom stereocenters. The Morgan fingerprint density at radius 1 is 1.35 bits per heavy atom. The third kappa shape index (κ3) is 2.73. The predicted octanol–water partition coefficient (Wildman–Crippen LogP) is 2.47. The quantitative estimate of drug-likeness (QED) is 0.727. The van der Waals surface area contributed by atoms with Gasteiger partial charge in [0, 0.05) is 5.69 Å². The molecule has 0 saturated carbocycles. The monoisotopic (exact) mass is 248 g/mol. The molecule has 1 heterocycles. The van der Waals surface area contributed by atoms with Gasteiger partial charge in [0.15, 0.2) is 5.95 Å². The topological polar surface area (TPSA) is 76.0 Å². The molecule has 0 aliphatic heterocycles. The molecule has 0 aliphatic rings. The summed E-state index contributed by atoms with van der Waals surface area (Å²) in [4.78, 5) is 6.71. The highest BCUT2D eigenvalue weighted by atomic mass is 32.1. The standard InChI is InChI=1S/C11H12N4OS/c1-16-8-4-2-7(3-5-8)14-9-6-13-11(12)15-10(9)17/h2-6,14H,1H3,(H3,12,13,15,17). The van der Waals surface area contributed by atoms with E-state index >= 15 is 0 Å². The highest BCUT2D eigenvalue weighted by Crippen LogP contribution is 2.19. The summed E-state index contributed by atoms with van der Waals surface area (Å²) in [6, 6.07) is 7.51. The second kappa shape index (κ2) is 4.84. The highest BCUT2D eigenvalue weighted by Gasteiger charge is 1.99. The summed E-state index contributed by atoms with van der Waals surface area (Å²) in [7, 11) is 1.63. The van der Waals surface area contributed by atoms with Gasteiger partial charge in [-0.25, -0.2) is 4.98 Å². The molecular formula is C11H12N4OS. The van der Waals surface area contributed by atoms with Gasteiger partial charge in [-0.15, -0.1) is 0 Å². The van der Waals surface area contributed by atoms with Crippen molar-refractivity contribution in [1.82, 2.24) is 9.97 Å². The largest absolute Gasteiger partial charge is 0.497 e. The summed E-state index contributed by atoms with van der Waals surface area (Å²) >= 11 is 5.12. The van der Waals surface area contributed by atoms with Crippen LogP contribution in [0.2, 0.25) is 0 Å². The Balaban J connectivity index is 2.22. The first-order valence-corrected chi connectivity index (χ1v) is 5.36. The lowest BCUT2D eigenvalue weighted by molar-refractivity contribution is 0.415. The molecule has 0 bridgehead atoms. The zero-order chi connectivity index (χ0) is 12.3. The zero-order valence-corrected chi connectivity index (χ0v) is 10.0. The Morgan fingerprint density at radius 2 is 2.06 bits per heavy atom. The number of aromatic amines is 1. The number of H-pyrrole nitrogens is 1. The third-order valence-electron chi connectivity index (χ3n) is 2.19. The number of methoxy groups -OCH3 is 1. The van der Waals surface area contributed by atoms with Crippen molar-refractivity contribution in [2.45, 2.75) is 0 Å². The molecule has 1 aromatic heterocycles. The maximum absolute atomic E-state index is 5.48. The number of nitrogens with one attached hydrogen (secondary N) is 2. The molecule has 5 nitrogen and oxygen atoms in total. The minimum absolute atomic E-state index is 0.301. The van der Waals surface area contributed by atoms with E-state index < -0.39 is 0 Å². The van der Waals surface area contributed by atoms with Gasteiger partial charge >= 0.3 is 0 Å². The van der Waals surface area contributed by atoms with Crippen molar-refractivity contribution in [3.05, 3.63) is 35.1 Å². The lowest BCUT2D eigenvalue weighted by Crippen LogP contribution is -1.98. The van der Waals surface area contributed by atoms with Crippen molar-refractivity contribution in [1.29, 1.82) is 0 Å². The molecule has 2 rings (SSSR count). The van der Waals surface area contributed by atoms with E-state index in [-0.39, 0.29) is 0 Å². The fourth-order valence-corrected chi connectivity index (χ4v) is 1.54. The summed E-state index contributed by atoms with van der Waals surface area (Å²) in [5.74, 6) is 1.10. The van der Waals surface area contributed by atoms with Crippen molar-refractivity contribution >= 4 is 29.5 Å². The summed E-state index contributed by atoms with van der Waals surface area (Å²) < 4.78 is 5.60. The van der Waals surface area contributed by atoms with Crippen LogP contribution in [-0.4, -0.2) is 17.1 Å². The molecule has 0 radical (unpaired) electrons. The predicted molar refractivity (Wildman–Crippen MR) is 70.1 cm³/mol. The summed E-state index contributed by atoms with van der Waals surface area (Å²) in [6.45, 7) is 0. The number of ether oxygens (including phenoxy) is 1. The number of hydrogen-bond donors (Lipinski definition) is 3. The molecular weight excluding hydrogens is 236 g/mol. The van der Waals surface area contributed by atoms with Crippen LogP contribution < -0.4 is 15.8 Å². The second-order valence-corrected chi connectivity index (χ2v) is 3.77. The van der Waals surface area contributed by atoms with E-state index in [1.807, 2.05) is 24.3 Å². The van der Waals surface area contributed by atoms with Crippen LogP contribution in [0, 0.1) is 4.64 Å². The van der Waals surface area contributed by atoms with E-state index in [4.69, 9.17) is 22.7 Å². The van der Waals surface area contributed by atoms with E-state index in [9.17, 15) is 0 Å². The number of nitrogens with zero attached hydrogens (tertiary/aromatic N) is 1. The molecule has 17 heavy (non-hydrogen) atoms. The molecule has 0 saturated heterocycles. The van der Waals surface area contributed by atoms with Crippen LogP contribution in [0.5, 0.6) is 5.75 Å². The molecule has 2 aromatic rings. The molecule has 1 aromatic carbocycles. The van der Waals surface area contributed by atoms with Gasteiger partial charge in [-0.1, -0.05) is 12.2 Å². The van der Waals surface area contributed by atoms with Crippen LogP contribution in [0.15, 0.2) is 30.5 Å². The molecule has 4 N–H and O–H groups in total. The van der Waals surface area contributed by atoms with Crippen molar-refractivity contribution in [2.24, 2.45) is 0 Å². The smallest absolute Gasteiger partial charge is 0.198 e. The van der Waals surface area contributed by atoms with Gasteiger partial charge in [-0.3, -0.25) is 0 Å². The van der Waals surface area contributed by atoms with Crippen molar-refractivity contribution in [2.75, 3.05) is 18.2 Å². The first kappa shape index (κ1) is 11.4. The number of rotatable bonds is 3. The summed E-state index contributed by atoms with van der Waals surface area (Å²) in [6.07, 6.45) is 1.60. The van der Waals surface area contributed by atoms with Crippen molar-refractivity contribution in [3.63, 3.8) is 0 Å². The van der Waals surface area contributed by atoms with Crippen LogP contribution in [0.25, 0.3) is 0 Å². The molecule has 6 heteroatoms. The Morgan fingerprint density at radius 3 is 2.65 bits per heavy atom. The van der Waals surface area contributed by atoms with Gasteiger partial charge in [-0.2, -0.15) is 0 Å². The van der Waals surface area contributed by atoms with Crippen LogP contribution >= 0.6 is 12.2 Å². The van der Waals surface area contributed by atoms with Crippen molar-refractivity contribution in [3.8, 4) is 5.75 Å². The SMILES string of the molecule is COc1ccc(Nc2cnc(N)[nH]c2=S)cc1. The van der Waals surface area contributed by atoms with Gasteiger partial charge in [0.05, 0.1) is 19.0 Å². The normalized spacial score (nSPS) is 9.94. The number of anilines is 3. The summed E-state index contributed by atoms with van der Waals surface area (Å²) in [5.41, 5.74) is 7.09. The van der Waals surface area contributed by atoms with E-state index in [0.29, 0.717) is 16.3 Å². The van der Waals surface area contributed by atoms with E-state index in [0.717, 1.165) is 11.4 Å². The van der Waals surface area contributed by atoms with Gasteiger partial charge in [0.25, 0.3) is 0 Å². The number of benzene rings is 1. The fraction of sp³-hybridized carbons (Fsp3) is 0.0909. The molecule has 0 fully saturated rings. The number of hydrogen-bond acceptors (Lipinski definition) is 5. The lowest BCUT2D eigenvalue weighted by Gasteiger charge is -2.07. The third-order valence-corrected chi connectivity index (χ3v) is 2.51. The van der Waals surface area contributed by atoms with E-state index in [1.54, 1.807) is 13.3 Å². The van der Waals surface area contributed by atoms with Crippen LogP contribution in [0.1, 0.15) is 0 Å². The number of nitrogens with two attached hydrogens (primary N) is 1. The maximum Gasteiger partial charge on any atom is 0.198 e. The highest BCUT2D eigenvalue weighted by molar-refractivity contribution is 7.71. The number of aromatic nitrogens is 2. The zero-order valence-electron chi connectivity index (χ0n) is 9.23. The average molecular weight is 248 g/mol. The minimum atomic E-state index is 0.301. The van der Waals surface area contributed by atoms with Crippen LogP contribution in [0.4, 0.5) is 17.3 Å². The lowest BCUT2D eigenvalue weighted by atomic mass is 10.3. The first-order chi connectivity index (χ1) is 8.19. The van der Waals surface area contributed by atoms with Crippen LogP contribution in [-0.2, 0) is 0 Å². The molecule has 88 valence electrons. The molecule has 0 aliphatic carbocycles. The molecule has 0 atom stereocenters. The van der Waals surface area contributed by atoms with Gasteiger partial charge < -0.3 is 20.8 Å². The molecule has 0 amide bonds. The van der Waals surface area contributed by atoms with Gasteiger partial charge in [0.2, 0.25) is 0 Å². The summed E-state index contributed by atoms with van der Waals surface area (Å²) in [5, 5.41) is 3.14. The second-order valence-electron chi connectivity index (χ2n) is 3.36. The van der Waals surface area contributed by atoms with E-state index in [1.165, 1.54) is 0 Å². The van der Waals surface area contributed by atoms with Crippen LogP contribution in [0.3, 0.4) is 0 Å². The molecule has 0 spiro atoms. The van der Waals surface area contributed by atoms with E-state index in [2.05, 4.69) is 15.3 Å². The average Bonchev–Trinajstić information content (AvgIpc) is 2.34. The Kier molecular flexibility index (Phi) is 3.24.